The van der Waals surface area contributed by atoms with Crippen molar-refractivity contribution in [2.24, 2.45) is 5.73 Å². The maximum Gasteiger partial charge on any atom is 0.251 e. The Hall–Kier alpha value is -1.71. The summed E-state index contributed by atoms with van der Waals surface area (Å²) in [4.78, 5) is 21.5. The molecule has 0 aromatic heterocycles. The van der Waals surface area contributed by atoms with Crippen LogP contribution >= 0.6 is 0 Å². The molecule has 0 aliphatic rings. The number of benzene rings is 1. The van der Waals surface area contributed by atoms with E-state index in [-0.39, 0.29) is 16.9 Å². The molecule has 1 aromatic rings. The molecule has 68 valence electrons. The zero-order valence-corrected chi connectivity index (χ0v) is 7.00. The fraction of sp³-hybridized carbons (Fsp3) is 0.111. The Kier molecular flexibility index (Phi) is 2.41. The first-order valence-electron chi connectivity index (χ1n) is 3.62. The van der Waals surface area contributed by atoms with Gasteiger partial charge in [0.05, 0.1) is 5.56 Å². The number of rotatable bonds is 2. The van der Waals surface area contributed by atoms with Crippen LogP contribution in [0.25, 0.3) is 0 Å². The molecule has 1 amide bonds. The average molecular weight is 181 g/mol. The number of primary amides is 1. The normalized spacial score (nSPS) is 9.69. The maximum atomic E-state index is 12.9. The second-order valence-corrected chi connectivity index (χ2v) is 2.62. The summed E-state index contributed by atoms with van der Waals surface area (Å²) >= 11 is 0. The number of carbonyl (C=O) groups is 2. The highest BCUT2D eigenvalue weighted by molar-refractivity contribution is 5.99. The predicted molar refractivity (Wildman–Crippen MR) is 44.9 cm³/mol. The highest BCUT2D eigenvalue weighted by atomic mass is 19.1. The number of ketones is 1. The lowest BCUT2D eigenvalue weighted by Gasteiger charge is -2.00. The van der Waals surface area contributed by atoms with Gasteiger partial charge < -0.3 is 5.73 Å². The summed E-state index contributed by atoms with van der Waals surface area (Å²) < 4.78 is 12.9. The third-order valence-corrected chi connectivity index (χ3v) is 1.64. The van der Waals surface area contributed by atoms with E-state index in [0.717, 1.165) is 12.1 Å². The van der Waals surface area contributed by atoms with Crippen molar-refractivity contribution in [1.29, 1.82) is 0 Å². The summed E-state index contributed by atoms with van der Waals surface area (Å²) in [5, 5.41) is 0. The SMILES string of the molecule is CC(=O)c1ccc(F)c(C(N)=O)c1. The van der Waals surface area contributed by atoms with Gasteiger partial charge in [0.2, 0.25) is 0 Å². The number of Topliss-reactive ketones (excluding diaryl/α,β-unsaturated/α-hetero) is 1. The van der Waals surface area contributed by atoms with Crippen LogP contribution in [0.15, 0.2) is 18.2 Å². The summed E-state index contributed by atoms with van der Waals surface area (Å²) in [5.74, 6) is -1.82. The van der Waals surface area contributed by atoms with Gasteiger partial charge in [0, 0.05) is 5.56 Å². The zero-order chi connectivity index (χ0) is 10.0. The Bertz CT molecular complexity index is 374. The molecule has 2 N–H and O–H groups in total. The molecule has 0 spiro atoms. The standard InChI is InChI=1S/C9H8FNO2/c1-5(12)6-2-3-8(10)7(4-6)9(11)13/h2-4H,1H3,(H2,11,13). The van der Waals surface area contributed by atoms with Crippen LogP contribution in [0.2, 0.25) is 0 Å². The van der Waals surface area contributed by atoms with Crippen molar-refractivity contribution in [3.8, 4) is 0 Å². The summed E-state index contributed by atoms with van der Waals surface area (Å²) in [6.07, 6.45) is 0. The Morgan fingerprint density at radius 1 is 1.38 bits per heavy atom. The van der Waals surface area contributed by atoms with Gasteiger partial charge in [-0.3, -0.25) is 9.59 Å². The molecule has 0 atom stereocenters. The summed E-state index contributed by atoms with van der Waals surface area (Å²) in [6.45, 7) is 1.33. The van der Waals surface area contributed by atoms with E-state index in [4.69, 9.17) is 5.73 Å². The summed E-state index contributed by atoms with van der Waals surface area (Å²) in [5.41, 5.74) is 4.91. The molecule has 0 heterocycles. The highest BCUT2D eigenvalue weighted by Gasteiger charge is 2.10. The molecule has 1 aromatic carbocycles. The minimum Gasteiger partial charge on any atom is -0.366 e. The van der Waals surface area contributed by atoms with Crippen LogP contribution < -0.4 is 5.73 Å². The number of hydrogen-bond donors (Lipinski definition) is 1. The third-order valence-electron chi connectivity index (χ3n) is 1.64. The topological polar surface area (TPSA) is 60.2 Å². The van der Waals surface area contributed by atoms with E-state index >= 15 is 0 Å². The Morgan fingerprint density at radius 2 is 2.00 bits per heavy atom. The van der Waals surface area contributed by atoms with Gasteiger partial charge >= 0.3 is 0 Å². The highest BCUT2D eigenvalue weighted by Crippen LogP contribution is 2.10. The van der Waals surface area contributed by atoms with Crippen LogP contribution in [-0.2, 0) is 0 Å². The van der Waals surface area contributed by atoms with Gasteiger partial charge in [-0.05, 0) is 25.1 Å². The molecular formula is C9H8FNO2. The molecule has 0 radical (unpaired) electrons. The van der Waals surface area contributed by atoms with E-state index in [1.54, 1.807) is 0 Å². The predicted octanol–water partition coefficient (Wildman–Crippen LogP) is 1.13. The van der Waals surface area contributed by atoms with Crippen LogP contribution in [0.1, 0.15) is 27.6 Å². The van der Waals surface area contributed by atoms with Crippen LogP contribution in [-0.4, -0.2) is 11.7 Å². The number of carbonyl (C=O) groups excluding carboxylic acids is 2. The van der Waals surface area contributed by atoms with Gasteiger partial charge in [-0.25, -0.2) is 4.39 Å². The largest absolute Gasteiger partial charge is 0.366 e. The molecule has 0 aliphatic carbocycles. The van der Waals surface area contributed by atoms with Gasteiger partial charge in [0.25, 0.3) is 5.91 Å². The Morgan fingerprint density at radius 3 is 2.46 bits per heavy atom. The summed E-state index contributed by atoms with van der Waals surface area (Å²) in [6, 6.07) is 3.51. The van der Waals surface area contributed by atoms with E-state index in [2.05, 4.69) is 0 Å². The van der Waals surface area contributed by atoms with E-state index in [1.165, 1.54) is 13.0 Å². The molecular weight excluding hydrogens is 173 g/mol. The van der Waals surface area contributed by atoms with Crippen molar-refractivity contribution < 1.29 is 14.0 Å². The Labute approximate surface area is 74.4 Å². The smallest absolute Gasteiger partial charge is 0.251 e. The van der Waals surface area contributed by atoms with Gasteiger partial charge in [-0.15, -0.1) is 0 Å². The first-order chi connectivity index (χ1) is 6.02. The van der Waals surface area contributed by atoms with Crippen molar-refractivity contribution in [3.63, 3.8) is 0 Å². The lowest BCUT2D eigenvalue weighted by atomic mass is 10.1. The van der Waals surface area contributed by atoms with Crippen LogP contribution in [0.5, 0.6) is 0 Å². The number of hydrogen-bond acceptors (Lipinski definition) is 2. The maximum absolute atomic E-state index is 12.9. The molecule has 13 heavy (non-hydrogen) atoms. The van der Waals surface area contributed by atoms with Gasteiger partial charge in [0.15, 0.2) is 5.78 Å². The second-order valence-electron chi connectivity index (χ2n) is 2.62. The monoisotopic (exact) mass is 181 g/mol. The van der Waals surface area contributed by atoms with Gasteiger partial charge in [0.1, 0.15) is 5.82 Å². The first kappa shape index (κ1) is 9.38. The van der Waals surface area contributed by atoms with Crippen molar-refractivity contribution in [2.45, 2.75) is 6.92 Å². The van der Waals surface area contributed by atoms with E-state index < -0.39 is 11.7 Å². The van der Waals surface area contributed by atoms with Crippen LogP contribution in [0, 0.1) is 5.82 Å². The lowest BCUT2D eigenvalue weighted by Crippen LogP contribution is -2.14. The second kappa shape index (κ2) is 3.35. The molecule has 0 saturated carbocycles. The quantitative estimate of drug-likeness (QED) is 0.695. The summed E-state index contributed by atoms with van der Waals surface area (Å²) in [7, 11) is 0. The van der Waals surface area contributed by atoms with Crippen LogP contribution in [0.4, 0.5) is 4.39 Å². The van der Waals surface area contributed by atoms with Gasteiger partial charge in [-0.2, -0.15) is 0 Å². The molecule has 3 nitrogen and oxygen atoms in total. The zero-order valence-electron chi connectivity index (χ0n) is 7.00. The van der Waals surface area contributed by atoms with E-state index in [1.807, 2.05) is 0 Å². The molecule has 0 aliphatic heterocycles. The third kappa shape index (κ3) is 1.90. The van der Waals surface area contributed by atoms with Crippen molar-refractivity contribution in [1.82, 2.24) is 0 Å². The average Bonchev–Trinajstić information content (AvgIpc) is 2.04. The van der Waals surface area contributed by atoms with Gasteiger partial charge in [-0.1, -0.05) is 0 Å². The fourth-order valence-corrected chi connectivity index (χ4v) is 0.933. The molecule has 1 rings (SSSR count). The van der Waals surface area contributed by atoms with Crippen molar-refractivity contribution in [3.05, 3.63) is 35.1 Å². The number of nitrogens with two attached hydrogens (primary N) is 1. The molecule has 0 bridgehead atoms. The van der Waals surface area contributed by atoms with Crippen molar-refractivity contribution >= 4 is 11.7 Å². The minimum absolute atomic E-state index is 0.234. The van der Waals surface area contributed by atoms with E-state index in [0.29, 0.717) is 0 Å². The van der Waals surface area contributed by atoms with Crippen LogP contribution in [0.3, 0.4) is 0 Å². The van der Waals surface area contributed by atoms with E-state index in [9.17, 15) is 14.0 Å². The fourth-order valence-electron chi connectivity index (χ4n) is 0.933. The minimum atomic E-state index is -0.874. The number of amides is 1. The first-order valence-corrected chi connectivity index (χ1v) is 3.62. The lowest BCUT2D eigenvalue weighted by molar-refractivity contribution is 0.0996. The molecule has 0 saturated heterocycles. The molecule has 4 heteroatoms. The molecule has 0 unspecified atom stereocenters. The Balaban J connectivity index is 3.27. The number of halogens is 1. The van der Waals surface area contributed by atoms with Crippen molar-refractivity contribution in [2.75, 3.05) is 0 Å². The molecule has 0 fully saturated rings.